The lowest BCUT2D eigenvalue weighted by Gasteiger charge is -2.17. The number of nitrogens with zero attached hydrogens (tertiary/aromatic N) is 2. The van der Waals surface area contributed by atoms with Crippen LogP contribution >= 0.6 is 12.4 Å². The maximum absolute atomic E-state index is 13.1. The summed E-state index contributed by atoms with van der Waals surface area (Å²) in [5, 5.41) is -0.912. The van der Waals surface area contributed by atoms with Crippen LogP contribution in [0, 0.1) is 0 Å². The molecule has 0 aliphatic heterocycles. The second-order valence-corrected chi connectivity index (χ2v) is 7.93. The van der Waals surface area contributed by atoms with Gasteiger partial charge in [0, 0.05) is 12.4 Å². The fourth-order valence-corrected chi connectivity index (χ4v) is 4.15. The van der Waals surface area contributed by atoms with E-state index in [1.165, 1.54) is 6.08 Å². The predicted molar refractivity (Wildman–Crippen MR) is 123 cm³/mol. The van der Waals surface area contributed by atoms with E-state index in [1.54, 1.807) is 74.3 Å². The maximum Gasteiger partial charge on any atom is 0.243 e. The molecule has 1 aromatic heterocycles. The van der Waals surface area contributed by atoms with Gasteiger partial charge in [0.05, 0.1) is 24.7 Å². The Morgan fingerprint density at radius 1 is 1.07 bits per heavy atom. The number of hydrogen-bond acceptors (Lipinski definition) is 5. The third-order valence-corrected chi connectivity index (χ3v) is 5.86. The Hall–Kier alpha value is -3.16. The molecule has 0 aliphatic carbocycles. The van der Waals surface area contributed by atoms with Crippen LogP contribution in [0.2, 0.25) is 0 Å². The van der Waals surface area contributed by atoms with Crippen molar-refractivity contribution in [1.29, 1.82) is 0 Å². The van der Waals surface area contributed by atoms with Crippen molar-refractivity contribution in [3.05, 3.63) is 96.6 Å². The molecule has 30 heavy (non-hydrogen) atoms. The zero-order chi connectivity index (χ0) is 20.7. The summed E-state index contributed by atoms with van der Waals surface area (Å²) in [4.78, 5) is 8.20. The molecule has 6 nitrogen and oxygen atoms in total. The standard InChI is InChI=1S/C22H21N3O3S.ClH/c1-3-22(18-9-12-20(28-2)13-10-18)29(26,27)25-21-7-5-4-6-17(21)8-11-19-16-23-14-15-24-19;/h3-16,22,25H,1H2,2H3;1H. The highest BCUT2D eigenvalue weighted by Crippen LogP contribution is 2.29. The van der Waals surface area contributed by atoms with E-state index in [4.69, 9.17) is 4.74 Å². The van der Waals surface area contributed by atoms with Gasteiger partial charge in [-0.3, -0.25) is 14.7 Å². The number of aromatic nitrogens is 2. The molecule has 1 unspecified atom stereocenters. The van der Waals surface area contributed by atoms with Gasteiger partial charge in [0.1, 0.15) is 11.0 Å². The Bertz CT molecular complexity index is 1100. The Balaban J connectivity index is 0.00000320. The van der Waals surface area contributed by atoms with Gasteiger partial charge < -0.3 is 4.74 Å². The van der Waals surface area contributed by atoms with Crippen LogP contribution in [-0.2, 0) is 10.0 Å². The van der Waals surface area contributed by atoms with E-state index in [9.17, 15) is 8.42 Å². The monoisotopic (exact) mass is 443 g/mol. The second kappa shape index (κ2) is 10.6. The molecule has 0 bridgehead atoms. The van der Waals surface area contributed by atoms with Gasteiger partial charge in [-0.2, -0.15) is 0 Å². The molecule has 3 rings (SSSR count). The number of sulfonamides is 1. The van der Waals surface area contributed by atoms with Crippen LogP contribution < -0.4 is 9.46 Å². The predicted octanol–water partition coefficient (Wildman–Crippen LogP) is 4.75. The van der Waals surface area contributed by atoms with Crippen LogP contribution in [0.5, 0.6) is 5.75 Å². The minimum Gasteiger partial charge on any atom is -0.497 e. The van der Waals surface area contributed by atoms with Crippen molar-refractivity contribution in [2.24, 2.45) is 0 Å². The van der Waals surface area contributed by atoms with Crippen molar-refractivity contribution in [1.82, 2.24) is 9.97 Å². The van der Waals surface area contributed by atoms with Gasteiger partial charge in [-0.05, 0) is 35.4 Å². The van der Waals surface area contributed by atoms with E-state index in [1.807, 2.05) is 12.1 Å². The first kappa shape index (κ1) is 23.1. The molecule has 0 aliphatic rings. The van der Waals surface area contributed by atoms with Crippen molar-refractivity contribution in [3.8, 4) is 5.75 Å². The summed E-state index contributed by atoms with van der Waals surface area (Å²) in [6, 6.07) is 14.0. The fraction of sp³-hybridized carbons (Fsp3) is 0.0909. The van der Waals surface area contributed by atoms with Crippen molar-refractivity contribution >= 4 is 40.3 Å². The molecule has 0 spiro atoms. The van der Waals surface area contributed by atoms with E-state index < -0.39 is 15.3 Å². The van der Waals surface area contributed by atoms with Crippen LogP contribution in [0.1, 0.15) is 22.1 Å². The summed E-state index contributed by atoms with van der Waals surface area (Å²) < 4.78 is 33.9. The quantitative estimate of drug-likeness (QED) is 0.508. The first-order chi connectivity index (χ1) is 14.0. The normalized spacial score (nSPS) is 12.0. The van der Waals surface area contributed by atoms with E-state index >= 15 is 0 Å². The van der Waals surface area contributed by atoms with Crippen molar-refractivity contribution in [3.63, 3.8) is 0 Å². The summed E-state index contributed by atoms with van der Waals surface area (Å²) in [5.74, 6) is 0.654. The lowest BCUT2D eigenvalue weighted by atomic mass is 10.1. The van der Waals surface area contributed by atoms with Crippen LogP contribution in [0.15, 0.2) is 79.8 Å². The number of rotatable bonds is 8. The number of nitrogens with one attached hydrogen (secondary N) is 1. The average Bonchev–Trinajstić information content (AvgIpc) is 2.74. The van der Waals surface area contributed by atoms with E-state index in [-0.39, 0.29) is 12.4 Å². The molecule has 0 saturated carbocycles. The number of hydrogen-bond donors (Lipinski definition) is 1. The second-order valence-electron chi connectivity index (χ2n) is 6.13. The minimum atomic E-state index is -3.77. The lowest BCUT2D eigenvalue weighted by molar-refractivity contribution is 0.414. The number of methoxy groups -OCH3 is 1. The number of anilines is 1. The molecular formula is C22H22ClN3O3S. The molecule has 0 fully saturated rings. The topological polar surface area (TPSA) is 81.2 Å². The number of benzene rings is 2. The summed E-state index contributed by atoms with van der Waals surface area (Å²) in [6.45, 7) is 3.71. The fourth-order valence-electron chi connectivity index (χ4n) is 2.76. The molecule has 8 heteroatoms. The average molecular weight is 444 g/mol. The highest BCUT2D eigenvalue weighted by atomic mass is 35.5. The molecule has 2 aromatic carbocycles. The zero-order valence-corrected chi connectivity index (χ0v) is 17.9. The third kappa shape index (κ3) is 5.68. The zero-order valence-electron chi connectivity index (χ0n) is 16.3. The van der Waals surface area contributed by atoms with Gasteiger partial charge in [-0.1, -0.05) is 42.5 Å². The number of halogens is 1. The first-order valence-corrected chi connectivity index (χ1v) is 10.4. The maximum atomic E-state index is 13.1. The molecule has 0 radical (unpaired) electrons. The molecule has 1 heterocycles. The lowest BCUT2D eigenvalue weighted by Crippen LogP contribution is -2.20. The van der Waals surface area contributed by atoms with Crippen LogP contribution in [0.4, 0.5) is 5.69 Å². The highest BCUT2D eigenvalue weighted by Gasteiger charge is 2.25. The van der Waals surface area contributed by atoms with Crippen molar-refractivity contribution < 1.29 is 13.2 Å². The first-order valence-electron chi connectivity index (χ1n) is 8.85. The Morgan fingerprint density at radius 3 is 2.43 bits per heavy atom. The number of para-hydroxylation sites is 1. The van der Waals surface area contributed by atoms with Gasteiger partial charge in [0.2, 0.25) is 10.0 Å². The molecule has 1 N–H and O–H groups in total. The Kier molecular flexibility index (Phi) is 8.15. The van der Waals surface area contributed by atoms with E-state index in [0.717, 1.165) is 0 Å². The van der Waals surface area contributed by atoms with E-state index in [0.29, 0.717) is 28.3 Å². The SMILES string of the molecule is C=CC(c1ccc(OC)cc1)S(=O)(=O)Nc1ccccc1C=Cc1cnccn1.Cl. The molecule has 0 amide bonds. The van der Waals surface area contributed by atoms with Crippen LogP contribution in [0.3, 0.4) is 0 Å². The van der Waals surface area contributed by atoms with Gasteiger partial charge in [-0.15, -0.1) is 19.0 Å². The molecule has 0 saturated heterocycles. The molecule has 3 aromatic rings. The van der Waals surface area contributed by atoms with Crippen LogP contribution in [-0.4, -0.2) is 25.5 Å². The molecule has 1 atom stereocenters. The molecule has 156 valence electrons. The summed E-state index contributed by atoms with van der Waals surface area (Å²) in [5.41, 5.74) is 2.44. The Labute approximate surface area is 182 Å². The van der Waals surface area contributed by atoms with Crippen LogP contribution in [0.25, 0.3) is 12.2 Å². The van der Waals surface area contributed by atoms with Crippen molar-refractivity contribution in [2.75, 3.05) is 11.8 Å². The smallest absolute Gasteiger partial charge is 0.243 e. The third-order valence-electron chi connectivity index (χ3n) is 4.22. The Morgan fingerprint density at radius 2 is 1.80 bits per heavy atom. The number of ether oxygens (including phenoxy) is 1. The highest BCUT2D eigenvalue weighted by molar-refractivity contribution is 7.93. The molecular weight excluding hydrogens is 422 g/mol. The van der Waals surface area contributed by atoms with Gasteiger partial charge in [0.15, 0.2) is 0 Å². The summed E-state index contributed by atoms with van der Waals surface area (Å²) in [6.07, 6.45) is 9.78. The van der Waals surface area contributed by atoms with E-state index in [2.05, 4.69) is 21.3 Å². The summed E-state index contributed by atoms with van der Waals surface area (Å²) in [7, 11) is -2.22. The van der Waals surface area contributed by atoms with Crippen molar-refractivity contribution in [2.45, 2.75) is 5.25 Å². The minimum absolute atomic E-state index is 0. The van der Waals surface area contributed by atoms with Gasteiger partial charge in [0.25, 0.3) is 0 Å². The van der Waals surface area contributed by atoms with Gasteiger partial charge >= 0.3 is 0 Å². The van der Waals surface area contributed by atoms with Gasteiger partial charge in [-0.25, -0.2) is 8.42 Å². The largest absolute Gasteiger partial charge is 0.497 e. The summed E-state index contributed by atoms with van der Waals surface area (Å²) >= 11 is 0.